The van der Waals surface area contributed by atoms with E-state index in [1.165, 1.54) is 0 Å². The number of alkyl halides is 3. The van der Waals surface area contributed by atoms with E-state index >= 15 is 0 Å². The van der Waals surface area contributed by atoms with E-state index in [4.69, 9.17) is 4.74 Å². The lowest BCUT2D eigenvalue weighted by atomic mass is 9.99. The van der Waals surface area contributed by atoms with Gasteiger partial charge in [0, 0.05) is 0 Å². The van der Waals surface area contributed by atoms with Gasteiger partial charge in [-0.1, -0.05) is 80.6 Å². The summed E-state index contributed by atoms with van der Waals surface area (Å²) < 4.78 is 72.2. The Kier molecular flexibility index (Phi) is 9.87. The van der Waals surface area contributed by atoms with E-state index in [9.17, 15) is 31.2 Å². The van der Waals surface area contributed by atoms with Gasteiger partial charge in [-0.2, -0.15) is 17.9 Å². The average molecular weight is 563 g/mol. The number of ether oxygens (including phenoxy) is 1. The van der Waals surface area contributed by atoms with Crippen LogP contribution >= 0.6 is 0 Å². The fourth-order valence-corrected chi connectivity index (χ4v) is 5.09. The van der Waals surface area contributed by atoms with Crippen LogP contribution in [0.1, 0.15) is 43.0 Å². The number of amides is 1. The van der Waals surface area contributed by atoms with E-state index in [0.29, 0.717) is 6.07 Å². The van der Waals surface area contributed by atoms with E-state index in [1.807, 2.05) is 60.7 Å². The second-order valence-electron chi connectivity index (χ2n) is 9.26. The summed E-state index contributed by atoms with van der Waals surface area (Å²) >= 11 is 0. The molecule has 0 aliphatic rings. The highest BCUT2D eigenvalue weighted by molar-refractivity contribution is 7.89. The van der Waals surface area contributed by atoms with E-state index in [2.05, 4.69) is 10.0 Å². The molecule has 1 amide bonds. The normalized spacial score (nSPS) is 12.8. The third-order valence-electron chi connectivity index (χ3n) is 5.68. The number of carbonyl (C=O) groups is 2. The lowest BCUT2D eigenvalue weighted by molar-refractivity contribution is -0.150. The monoisotopic (exact) mass is 562 g/mol. The van der Waals surface area contributed by atoms with Crippen LogP contribution in [0.15, 0.2) is 89.8 Å². The first kappa shape index (κ1) is 29.9. The molecule has 0 aromatic heterocycles. The third-order valence-corrected chi connectivity index (χ3v) is 7.15. The molecule has 0 saturated carbocycles. The summed E-state index contributed by atoms with van der Waals surface area (Å²) in [5, 5.41) is 2.82. The minimum absolute atomic E-state index is 0.00466. The summed E-state index contributed by atoms with van der Waals surface area (Å²) in [6, 6.07) is 19.6. The molecule has 0 fully saturated rings. The number of sulfonamides is 1. The zero-order chi connectivity index (χ0) is 28.6. The molecule has 1 atom stereocenters. The van der Waals surface area contributed by atoms with Crippen LogP contribution in [-0.4, -0.2) is 32.9 Å². The van der Waals surface area contributed by atoms with Gasteiger partial charge in [0.2, 0.25) is 10.0 Å². The highest BCUT2D eigenvalue weighted by Crippen LogP contribution is 2.30. The molecule has 7 nitrogen and oxygen atoms in total. The van der Waals surface area contributed by atoms with Gasteiger partial charge in [0.05, 0.1) is 16.5 Å². The third kappa shape index (κ3) is 8.66. The average Bonchev–Trinajstić information content (AvgIpc) is 2.90. The molecule has 0 heterocycles. The van der Waals surface area contributed by atoms with Crippen LogP contribution in [0.3, 0.4) is 0 Å². The molecule has 11 heteroatoms. The van der Waals surface area contributed by atoms with Crippen LogP contribution in [0.2, 0.25) is 0 Å². The van der Waals surface area contributed by atoms with Crippen molar-refractivity contribution in [3.05, 3.63) is 102 Å². The van der Waals surface area contributed by atoms with Crippen molar-refractivity contribution < 1.29 is 35.9 Å². The Morgan fingerprint density at radius 2 is 1.44 bits per heavy atom. The van der Waals surface area contributed by atoms with E-state index in [-0.39, 0.29) is 12.3 Å². The van der Waals surface area contributed by atoms with Gasteiger partial charge in [0.15, 0.2) is 6.61 Å². The number of rotatable bonds is 11. The molecule has 0 bridgehead atoms. The van der Waals surface area contributed by atoms with Crippen molar-refractivity contribution in [1.29, 1.82) is 0 Å². The van der Waals surface area contributed by atoms with Gasteiger partial charge in [0.25, 0.3) is 5.91 Å². The summed E-state index contributed by atoms with van der Waals surface area (Å²) in [6.45, 7) is 2.78. The van der Waals surface area contributed by atoms with Crippen molar-refractivity contribution in [2.24, 2.45) is 5.92 Å². The van der Waals surface area contributed by atoms with Crippen LogP contribution in [0.25, 0.3) is 0 Å². The smallest absolute Gasteiger partial charge is 0.416 e. The van der Waals surface area contributed by atoms with Gasteiger partial charge in [0.1, 0.15) is 6.04 Å². The van der Waals surface area contributed by atoms with Crippen molar-refractivity contribution in [1.82, 2.24) is 10.0 Å². The Morgan fingerprint density at radius 1 is 0.872 bits per heavy atom. The fourth-order valence-electron chi connectivity index (χ4n) is 3.85. The zero-order valence-electron chi connectivity index (χ0n) is 21.3. The molecule has 3 aromatic carbocycles. The number of benzene rings is 3. The standard InChI is InChI=1S/C28H29F3N2O5S/c1-19(2)16-24(33-39(36,37)23-15-9-14-22(17-23)28(29,30)31)27(35)38-18-25(34)32-26(20-10-5-3-6-11-20)21-12-7-4-8-13-21/h3-15,17,19,24,26,33H,16,18H2,1-2H3,(H,32,34). The first-order valence-corrected chi connectivity index (χ1v) is 13.6. The molecule has 2 N–H and O–H groups in total. The predicted molar refractivity (Wildman–Crippen MR) is 139 cm³/mol. The Hall–Kier alpha value is -3.70. The maximum Gasteiger partial charge on any atom is 0.416 e. The molecule has 39 heavy (non-hydrogen) atoms. The van der Waals surface area contributed by atoms with Gasteiger partial charge < -0.3 is 10.1 Å². The first-order chi connectivity index (χ1) is 18.4. The van der Waals surface area contributed by atoms with Gasteiger partial charge in [-0.15, -0.1) is 0 Å². The molecule has 3 aromatic rings. The summed E-state index contributed by atoms with van der Waals surface area (Å²) in [5.41, 5.74) is 0.459. The van der Waals surface area contributed by atoms with Gasteiger partial charge in [-0.25, -0.2) is 8.42 Å². The van der Waals surface area contributed by atoms with Crippen LogP contribution in [0.5, 0.6) is 0 Å². The largest absolute Gasteiger partial charge is 0.454 e. The lowest BCUT2D eigenvalue weighted by Crippen LogP contribution is -2.44. The van der Waals surface area contributed by atoms with E-state index < -0.39 is 57.2 Å². The summed E-state index contributed by atoms with van der Waals surface area (Å²) in [6.07, 6.45) is -4.75. The quantitative estimate of drug-likeness (QED) is 0.326. The number of nitrogens with one attached hydrogen (secondary N) is 2. The highest BCUT2D eigenvalue weighted by Gasteiger charge is 2.33. The van der Waals surface area contributed by atoms with Gasteiger partial charge in [-0.05, 0) is 41.7 Å². The zero-order valence-corrected chi connectivity index (χ0v) is 22.1. The van der Waals surface area contributed by atoms with Crippen LogP contribution < -0.4 is 10.0 Å². The summed E-state index contributed by atoms with van der Waals surface area (Å²) in [7, 11) is -4.51. The predicted octanol–water partition coefficient (Wildman–Crippen LogP) is 4.85. The second kappa shape index (κ2) is 12.9. The van der Waals surface area contributed by atoms with Crippen molar-refractivity contribution in [3.8, 4) is 0 Å². The Balaban J connectivity index is 1.71. The maximum atomic E-state index is 13.1. The van der Waals surface area contributed by atoms with Gasteiger partial charge in [-0.3, -0.25) is 9.59 Å². The topological polar surface area (TPSA) is 102 Å². The van der Waals surface area contributed by atoms with E-state index in [1.54, 1.807) is 13.8 Å². The lowest BCUT2D eigenvalue weighted by Gasteiger charge is -2.21. The molecule has 1 unspecified atom stereocenters. The minimum atomic E-state index is -4.74. The maximum absolute atomic E-state index is 13.1. The molecule has 0 aliphatic heterocycles. The summed E-state index contributed by atoms with van der Waals surface area (Å²) in [5.74, 6) is -1.82. The highest BCUT2D eigenvalue weighted by atomic mass is 32.2. The fraction of sp³-hybridized carbons (Fsp3) is 0.286. The Bertz CT molecular complexity index is 1330. The van der Waals surface area contributed by atoms with Crippen molar-refractivity contribution in [2.75, 3.05) is 6.61 Å². The SMILES string of the molecule is CC(C)CC(NS(=O)(=O)c1cccc(C(F)(F)F)c1)C(=O)OCC(=O)NC(c1ccccc1)c1ccccc1. The van der Waals surface area contributed by atoms with Crippen LogP contribution in [0, 0.1) is 5.92 Å². The molecule has 0 spiro atoms. The molecular formula is C28H29F3N2O5S. The number of hydrogen-bond acceptors (Lipinski definition) is 5. The second-order valence-corrected chi connectivity index (χ2v) is 11.0. The van der Waals surface area contributed by atoms with Crippen LogP contribution in [-0.2, 0) is 30.5 Å². The molecule has 0 aliphatic carbocycles. The van der Waals surface area contributed by atoms with E-state index in [0.717, 1.165) is 29.3 Å². The molecule has 208 valence electrons. The molecule has 0 saturated heterocycles. The summed E-state index contributed by atoms with van der Waals surface area (Å²) in [4.78, 5) is 24.9. The minimum Gasteiger partial charge on any atom is -0.454 e. The number of halogens is 3. The number of hydrogen-bond donors (Lipinski definition) is 2. The Morgan fingerprint density at radius 3 is 1.95 bits per heavy atom. The number of carbonyl (C=O) groups excluding carboxylic acids is 2. The number of esters is 1. The van der Waals surface area contributed by atoms with Crippen molar-refractivity contribution in [3.63, 3.8) is 0 Å². The van der Waals surface area contributed by atoms with Crippen molar-refractivity contribution in [2.45, 2.75) is 43.4 Å². The van der Waals surface area contributed by atoms with Gasteiger partial charge >= 0.3 is 12.1 Å². The Labute approximate surface area is 225 Å². The molecule has 3 rings (SSSR count). The van der Waals surface area contributed by atoms with Crippen molar-refractivity contribution >= 4 is 21.9 Å². The van der Waals surface area contributed by atoms with Crippen LogP contribution in [0.4, 0.5) is 13.2 Å². The molecular weight excluding hydrogens is 533 g/mol. The molecule has 0 radical (unpaired) electrons. The first-order valence-electron chi connectivity index (χ1n) is 12.1.